The van der Waals surface area contributed by atoms with Crippen molar-refractivity contribution in [1.29, 1.82) is 0 Å². The number of hydrogen-bond acceptors (Lipinski definition) is 2. The molecule has 0 saturated heterocycles. The van der Waals surface area contributed by atoms with Crippen LogP contribution in [0.15, 0.2) is 29.6 Å². The first-order valence-corrected chi connectivity index (χ1v) is 8.53. The van der Waals surface area contributed by atoms with E-state index >= 15 is 0 Å². The first kappa shape index (κ1) is 14.1. The number of aliphatic hydroxyl groups is 1. The second-order valence-corrected chi connectivity index (χ2v) is 8.09. The normalized spacial score (nSPS) is 26.6. The molecule has 2 heteroatoms. The molecule has 0 aliphatic heterocycles. The summed E-state index contributed by atoms with van der Waals surface area (Å²) in [4.78, 5) is 0. The second-order valence-electron chi connectivity index (χ2n) is 7.18. The average molecular weight is 288 g/mol. The molecule has 1 aliphatic rings. The van der Waals surface area contributed by atoms with Gasteiger partial charge in [0.05, 0.1) is 5.60 Å². The summed E-state index contributed by atoms with van der Waals surface area (Å²) in [6.07, 6.45) is 6.20. The van der Waals surface area contributed by atoms with Crippen LogP contribution < -0.4 is 0 Å². The summed E-state index contributed by atoms with van der Waals surface area (Å²) >= 11 is 1.80. The average Bonchev–Trinajstić information content (AvgIpc) is 2.74. The Kier molecular flexibility index (Phi) is 3.64. The van der Waals surface area contributed by atoms with Gasteiger partial charge in [-0.05, 0) is 53.5 Å². The van der Waals surface area contributed by atoms with Crippen LogP contribution in [0.25, 0.3) is 10.1 Å². The molecule has 1 unspecified atom stereocenters. The summed E-state index contributed by atoms with van der Waals surface area (Å²) in [7, 11) is 0. The van der Waals surface area contributed by atoms with Crippen LogP contribution >= 0.6 is 11.3 Å². The number of hydrogen-bond donors (Lipinski definition) is 1. The fraction of sp³-hybridized carbons (Fsp3) is 0.556. The smallest absolute Gasteiger partial charge is 0.0688 e. The summed E-state index contributed by atoms with van der Waals surface area (Å²) < 4.78 is 1.33. The van der Waals surface area contributed by atoms with Crippen LogP contribution in [-0.4, -0.2) is 10.7 Å². The van der Waals surface area contributed by atoms with E-state index in [1.165, 1.54) is 22.1 Å². The van der Waals surface area contributed by atoms with Crippen molar-refractivity contribution in [3.8, 4) is 0 Å². The van der Waals surface area contributed by atoms with Gasteiger partial charge in [-0.15, -0.1) is 11.3 Å². The molecule has 3 rings (SSSR count). The van der Waals surface area contributed by atoms with Gasteiger partial charge in [0.1, 0.15) is 0 Å². The molecule has 1 nitrogen and oxygen atoms in total. The molecule has 2 aromatic rings. The molecule has 0 amide bonds. The standard InChI is InChI=1S/C18H24OS/c1-17(2)8-5-9-18(19,11-10-17)12-14-13-20-16-7-4-3-6-15(14)16/h3-4,6-7,13,19H,5,8-12H2,1-2H3. The molecule has 0 bridgehead atoms. The molecule has 1 aliphatic carbocycles. The van der Waals surface area contributed by atoms with E-state index in [1.54, 1.807) is 11.3 Å². The van der Waals surface area contributed by atoms with Gasteiger partial charge >= 0.3 is 0 Å². The molecular weight excluding hydrogens is 264 g/mol. The highest BCUT2D eigenvalue weighted by Crippen LogP contribution is 2.40. The van der Waals surface area contributed by atoms with Crippen LogP contribution in [0.1, 0.15) is 51.5 Å². The van der Waals surface area contributed by atoms with Crippen LogP contribution in [0.3, 0.4) is 0 Å². The minimum atomic E-state index is -0.502. The predicted octanol–water partition coefficient (Wildman–Crippen LogP) is 5.17. The van der Waals surface area contributed by atoms with E-state index in [9.17, 15) is 5.11 Å². The van der Waals surface area contributed by atoms with Gasteiger partial charge in [0, 0.05) is 11.1 Å². The minimum absolute atomic E-state index is 0.390. The van der Waals surface area contributed by atoms with Crippen LogP contribution in [0.2, 0.25) is 0 Å². The van der Waals surface area contributed by atoms with Crippen LogP contribution in [-0.2, 0) is 6.42 Å². The maximum Gasteiger partial charge on any atom is 0.0688 e. The highest BCUT2D eigenvalue weighted by Gasteiger charge is 2.34. The summed E-state index contributed by atoms with van der Waals surface area (Å²) in [5.41, 5.74) is 1.21. The third-order valence-electron chi connectivity index (χ3n) is 4.84. The Labute approximate surface area is 125 Å². The first-order valence-electron chi connectivity index (χ1n) is 7.65. The van der Waals surface area contributed by atoms with Crippen molar-refractivity contribution in [2.75, 3.05) is 0 Å². The molecule has 1 aromatic carbocycles. The van der Waals surface area contributed by atoms with Gasteiger partial charge in [0.25, 0.3) is 0 Å². The highest BCUT2D eigenvalue weighted by atomic mass is 32.1. The Balaban J connectivity index is 1.82. The molecular formula is C18H24OS. The van der Waals surface area contributed by atoms with E-state index in [0.29, 0.717) is 5.41 Å². The Hall–Kier alpha value is -0.860. The van der Waals surface area contributed by atoms with Gasteiger partial charge in [0.15, 0.2) is 0 Å². The fourth-order valence-electron chi connectivity index (χ4n) is 3.42. The van der Waals surface area contributed by atoms with Crippen molar-refractivity contribution < 1.29 is 5.11 Å². The van der Waals surface area contributed by atoms with Crippen molar-refractivity contribution >= 4 is 21.4 Å². The summed E-state index contributed by atoms with van der Waals surface area (Å²) in [5.74, 6) is 0. The predicted molar refractivity (Wildman–Crippen MR) is 87.3 cm³/mol. The zero-order chi connectivity index (χ0) is 14.2. The molecule has 20 heavy (non-hydrogen) atoms. The van der Waals surface area contributed by atoms with E-state index in [4.69, 9.17) is 0 Å². The molecule has 1 atom stereocenters. The Morgan fingerprint density at radius 1 is 1.10 bits per heavy atom. The minimum Gasteiger partial charge on any atom is -0.390 e. The molecule has 1 N–H and O–H groups in total. The van der Waals surface area contributed by atoms with Gasteiger partial charge in [-0.1, -0.05) is 38.5 Å². The number of rotatable bonds is 2. The largest absolute Gasteiger partial charge is 0.390 e. The zero-order valence-electron chi connectivity index (χ0n) is 12.5. The number of fused-ring (bicyclic) bond motifs is 1. The number of benzene rings is 1. The van der Waals surface area contributed by atoms with Gasteiger partial charge in [0.2, 0.25) is 0 Å². The van der Waals surface area contributed by atoms with Crippen molar-refractivity contribution in [3.63, 3.8) is 0 Å². The lowest BCUT2D eigenvalue weighted by Crippen LogP contribution is -2.30. The van der Waals surface area contributed by atoms with Crippen LogP contribution in [0, 0.1) is 5.41 Å². The molecule has 0 radical (unpaired) electrons. The Bertz CT molecular complexity index is 598. The lowest BCUT2D eigenvalue weighted by atomic mass is 9.83. The molecule has 1 fully saturated rings. The van der Waals surface area contributed by atoms with Crippen molar-refractivity contribution in [3.05, 3.63) is 35.2 Å². The molecule has 1 heterocycles. The first-order chi connectivity index (χ1) is 9.48. The molecule has 1 saturated carbocycles. The van der Waals surface area contributed by atoms with Crippen LogP contribution in [0.4, 0.5) is 0 Å². The maximum absolute atomic E-state index is 11.0. The van der Waals surface area contributed by atoms with Gasteiger partial charge in [-0.3, -0.25) is 0 Å². The Morgan fingerprint density at radius 2 is 1.90 bits per heavy atom. The zero-order valence-corrected chi connectivity index (χ0v) is 13.3. The Morgan fingerprint density at radius 3 is 2.75 bits per heavy atom. The van der Waals surface area contributed by atoms with E-state index < -0.39 is 5.60 Å². The van der Waals surface area contributed by atoms with Crippen molar-refractivity contribution in [1.82, 2.24) is 0 Å². The van der Waals surface area contributed by atoms with Gasteiger partial charge in [-0.25, -0.2) is 0 Å². The van der Waals surface area contributed by atoms with E-state index in [0.717, 1.165) is 32.1 Å². The van der Waals surface area contributed by atoms with Crippen molar-refractivity contribution in [2.24, 2.45) is 5.41 Å². The molecule has 0 spiro atoms. The second kappa shape index (κ2) is 5.16. The monoisotopic (exact) mass is 288 g/mol. The lowest BCUT2D eigenvalue weighted by Gasteiger charge is -2.28. The third kappa shape index (κ3) is 2.91. The topological polar surface area (TPSA) is 20.2 Å². The van der Waals surface area contributed by atoms with E-state index in [-0.39, 0.29) is 0 Å². The van der Waals surface area contributed by atoms with Gasteiger partial charge < -0.3 is 5.11 Å². The third-order valence-corrected chi connectivity index (χ3v) is 5.86. The highest BCUT2D eigenvalue weighted by molar-refractivity contribution is 7.17. The molecule has 108 valence electrons. The summed E-state index contributed by atoms with van der Waals surface area (Å²) in [6, 6.07) is 8.54. The van der Waals surface area contributed by atoms with E-state index in [2.05, 4.69) is 43.5 Å². The summed E-state index contributed by atoms with van der Waals surface area (Å²) in [6.45, 7) is 4.66. The van der Waals surface area contributed by atoms with E-state index in [1.807, 2.05) is 0 Å². The quantitative estimate of drug-likeness (QED) is 0.756. The maximum atomic E-state index is 11.0. The van der Waals surface area contributed by atoms with Crippen molar-refractivity contribution in [2.45, 2.75) is 58.0 Å². The fourth-order valence-corrected chi connectivity index (χ4v) is 4.38. The summed E-state index contributed by atoms with van der Waals surface area (Å²) in [5, 5.41) is 14.6. The SMILES string of the molecule is CC1(C)CCCC(O)(Cc2csc3ccccc23)CC1. The molecule has 1 aromatic heterocycles. The number of thiophene rings is 1. The van der Waals surface area contributed by atoms with Gasteiger partial charge in [-0.2, -0.15) is 0 Å². The lowest BCUT2D eigenvalue weighted by molar-refractivity contribution is 0.0230. The van der Waals surface area contributed by atoms with Crippen LogP contribution in [0.5, 0.6) is 0 Å².